The second-order valence-corrected chi connectivity index (χ2v) is 2.25. The molecule has 0 bridgehead atoms. The molecule has 0 aliphatic rings. The van der Waals surface area contributed by atoms with Crippen LogP contribution in [-0.4, -0.2) is 41.4 Å². The van der Waals surface area contributed by atoms with Crippen molar-refractivity contribution in [3.63, 3.8) is 0 Å². The van der Waals surface area contributed by atoms with Crippen molar-refractivity contribution >= 4 is 0 Å². The van der Waals surface area contributed by atoms with Crippen LogP contribution in [0.5, 0.6) is 0 Å². The summed E-state index contributed by atoms with van der Waals surface area (Å²) in [4.78, 5) is 0. The van der Waals surface area contributed by atoms with Gasteiger partial charge >= 0.3 is 18.0 Å². The molecule has 0 aliphatic heterocycles. The molecule has 0 aromatic rings. The number of halogens is 7. The first kappa shape index (κ1) is 16.8. The predicted octanol–water partition coefficient (Wildman–Crippen LogP) is 1.81. The smallest absolute Gasteiger partial charge is 0.397 e. The summed E-state index contributed by atoms with van der Waals surface area (Å²) < 4.78 is 80.3. The number of alkyl halides is 7. The van der Waals surface area contributed by atoms with E-state index in [0.29, 0.717) is 0 Å². The Balaban J connectivity index is 0. The summed E-state index contributed by atoms with van der Waals surface area (Å²) in [6.45, 7) is -0.625. The SMILES string of the molecule is CCO.OCC(F)(F)C(F)(F)C(F)(F)F. The number of rotatable bonds is 2. The molecule has 0 amide bonds. The summed E-state index contributed by atoms with van der Waals surface area (Å²) in [5, 5.41) is 15.1. The Morgan fingerprint density at radius 2 is 1.13 bits per heavy atom. The van der Waals surface area contributed by atoms with E-state index in [-0.39, 0.29) is 6.61 Å². The highest BCUT2D eigenvalue weighted by molar-refractivity contribution is 4.90. The van der Waals surface area contributed by atoms with Crippen molar-refractivity contribution < 1.29 is 40.9 Å². The molecule has 0 heterocycles. The molecule has 2 N–H and O–H groups in total. The maximum Gasteiger partial charge on any atom is 0.459 e. The van der Waals surface area contributed by atoms with E-state index in [1.54, 1.807) is 6.92 Å². The van der Waals surface area contributed by atoms with Crippen LogP contribution in [0.25, 0.3) is 0 Å². The Hall–Kier alpha value is -0.570. The lowest BCUT2D eigenvalue weighted by molar-refractivity contribution is -0.359. The number of hydrogen-bond acceptors (Lipinski definition) is 2. The van der Waals surface area contributed by atoms with Gasteiger partial charge in [-0.05, 0) is 6.92 Å². The lowest BCUT2D eigenvalue weighted by Gasteiger charge is -2.26. The first-order valence-electron chi connectivity index (χ1n) is 3.52. The zero-order chi connectivity index (χ0) is 12.9. The third kappa shape index (κ3) is 4.20. The van der Waals surface area contributed by atoms with Crippen LogP contribution in [-0.2, 0) is 0 Å². The molecular formula is C6H9F7O2. The minimum absolute atomic E-state index is 0.250. The molecule has 9 heteroatoms. The van der Waals surface area contributed by atoms with Gasteiger partial charge in [0.15, 0.2) is 0 Å². The molecule has 0 unspecified atom stereocenters. The van der Waals surface area contributed by atoms with E-state index in [2.05, 4.69) is 0 Å². The topological polar surface area (TPSA) is 40.5 Å². The number of aliphatic hydroxyl groups is 2. The van der Waals surface area contributed by atoms with Crippen molar-refractivity contribution in [2.75, 3.05) is 13.2 Å². The molecule has 15 heavy (non-hydrogen) atoms. The Bertz CT molecular complexity index is 177. The van der Waals surface area contributed by atoms with Gasteiger partial charge in [0.25, 0.3) is 0 Å². The zero-order valence-corrected chi connectivity index (χ0v) is 7.45. The predicted molar refractivity (Wildman–Crippen MR) is 35.8 cm³/mol. The number of hydrogen-bond donors (Lipinski definition) is 2. The highest BCUT2D eigenvalue weighted by atomic mass is 19.4. The lowest BCUT2D eigenvalue weighted by Crippen LogP contribution is -2.53. The van der Waals surface area contributed by atoms with Crippen molar-refractivity contribution in [2.24, 2.45) is 0 Å². The average molecular weight is 246 g/mol. The highest BCUT2D eigenvalue weighted by Crippen LogP contribution is 2.45. The molecular weight excluding hydrogens is 237 g/mol. The summed E-state index contributed by atoms with van der Waals surface area (Å²) in [7, 11) is 0. The maximum atomic E-state index is 11.7. The van der Waals surface area contributed by atoms with Gasteiger partial charge in [0, 0.05) is 6.61 Å². The molecule has 0 saturated carbocycles. The van der Waals surface area contributed by atoms with Gasteiger partial charge in [-0.15, -0.1) is 0 Å². The summed E-state index contributed by atoms with van der Waals surface area (Å²) in [5.41, 5.74) is 0. The van der Waals surface area contributed by atoms with Crippen LogP contribution in [0, 0.1) is 0 Å². The second-order valence-electron chi connectivity index (χ2n) is 2.25. The monoisotopic (exact) mass is 246 g/mol. The molecule has 2 nitrogen and oxygen atoms in total. The van der Waals surface area contributed by atoms with Crippen LogP contribution in [0.3, 0.4) is 0 Å². The van der Waals surface area contributed by atoms with Crippen LogP contribution >= 0.6 is 0 Å². The fourth-order valence-electron chi connectivity index (χ4n) is 0.307. The highest BCUT2D eigenvalue weighted by Gasteiger charge is 2.72. The third-order valence-corrected chi connectivity index (χ3v) is 1.01. The van der Waals surface area contributed by atoms with Crippen LogP contribution in [0.1, 0.15) is 6.92 Å². The Kier molecular flexibility index (Phi) is 6.17. The van der Waals surface area contributed by atoms with Gasteiger partial charge in [-0.1, -0.05) is 0 Å². The fourth-order valence-corrected chi connectivity index (χ4v) is 0.307. The molecule has 94 valence electrons. The summed E-state index contributed by atoms with van der Waals surface area (Å²) in [5.74, 6) is -11.7. The van der Waals surface area contributed by atoms with Gasteiger partial charge in [-0.25, -0.2) is 0 Å². The third-order valence-electron chi connectivity index (χ3n) is 1.01. The molecule has 0 aromatic carbocycles. The van der Waals surface area contributed by atoms with Gasteiger partial charge < -0.3 is 10.2 Å². The molecule has 0 aromatic heterocycles. The average Bonchev–Trinajstić information content (AvgIpc) is 2.03. The van der Waals surface area contributed by atoms with E-state index in [0.717, 1.165) is 0 Å². The Morgan fingerprint density at radius 3 is 1.20 bits per heavy atom. The lowest BCUT2D eigenvalue weighted by atomic mass is 10.2. The van der Waals surface area contributed by atoms with Crippen LogP contribution in [0.4, 0.5) is 30.7 Å². The largest absolute Gasteiger partial charge is 0.459 e. The first-order chi connectivity index (χ1) is 6.47. The van der Waals surface area contributed by atoms with Gasteiger partial charge in [-0.3, -0.25) is 0 Å². The normalized spacial score (nSPS) is 13.2. The molecule has 0 spiro atoms. The van der Waals surface area contributed by atoms with E-state index in [1.807, 2.05) is 0 Å². The van der Waals surface area contributed by atoms with E-state index < -0.39 is 24.6 Å². The molecule has 0 fully saturated rings. The summed E-state index contributed by atoms with van der Waals surface area (Å²) >= 11 is 0. The van der Waals surface area contributed by atoms with E-state index in [4.69, 9.17) is 10.2 Å². The quantitative estimate of drug-likeness (QED) is 0.729. The molecule has 0 atom stereocenters. The van der Waals surface area contributed by atoms with Gasteiger partial charge in [-0.2, -0.15) is 30.7 Å². The van der Waals surface area contributed by atoms with Crippen LogP contribution in [0.2, 0.25) is 0 Å². The zero-order valence-electron chi connectivity index (χ0n) is 7.45. The van der Waals surface area contributed by atoms with Crippen molar-refractivity contribution in [3.05, 3.63) is 0 Å². The molecule has 0 rings (SSSR count). The van der Waals surface area contributed by atoms with Gasteiger partial charge in [0.1, 0.15) is 6.61 Å². The molecule has 0 radical (unpaired) electrons. The Labute approximate surface area is 80.3 Å². The van der Waals surface area contributed by atoms with E-state index in [9.17, 15) is 30.7 Å². The van der Waals surface area contributed by atoms with Crippen molar-refractivity contribution in [2.45, 2.75) is 24.9 Å². The number of aliphatic hydroxyl groups excluding tert-OH is 2. The van der Waals surface area contributed by atoms with Crippen molar-refractivity contribution in [1.82, 2.24) is 0 Å². The minimum Gasteiger partial charge on any atom is -0.397 e. The van der Waals surface area contributed by atoms with Crippen LogP contribution in [0.15, 0.2) is 0 Å². The maximum absolute atomic E-state index is 11.7. The second kappa shape index (κ2) is 5.50. The molecule has 0 saturated heterocycles. The molecule has 0 aliphatic carbocycles. The summed E-state index contributed by atoms with van der Waals surface area (Å²) in [6, 6.07) is 0. The van der Waals surface area contributed by atoms with Gasteiger partial charge in [0.05, 0.1) is 0 Å². The summed E-state index contributed by atoms with van der Waals surface area (Å²) in [6.07, 6.45) is -6.36. The van der Waals surface area contributed by atoms with E-state index >= 15 is 0 Å². The fraction of sp³-hybridized carbons (Fsp3) is 1.00. The van der Waals surface area contributed by atoms with Crippen LogP contribution < -0.4 is 0 Å². The standard InChI is InChI=1S/C4H3F7O.C2H6O/c5-2(6,1-12)3(7,8)4(9,10)11;1-2-3/h12H,1H2;3H,2H2,1H3. The van der Waals surface area contributed by atoms with Crippen molar-refractivity contribution in [3.8, 4) is 0 Å². The minimum atomic E-state index is -6.36. The van der Waals surface area contributed by atoms with Gasteiger partial charge in [0.2, 0.25) is 0 Å². The first-order valence-corrected chi connectivity index (χ1v) is 3.52. The van der Waals surface area contributed by atoms with E-state index in [1.165, 1.54) is 0 Å². The Morgan fingerprint density at radius 1 is 0.867 bits per heavy atom. The van der Waals surface area contributed by atoms with Crippen molar-refractivity contribution in [1.29, 1.82) is 0 Å².